The Morgan fingerprint density at radius 1 is 1.17 bits per heavy atom. The maximum absolute atomic E-state index is 12.5. The highest BCUT2D eigenvalue weighted by molar-refractivity contribution is 9.10. The molecule has 0 saturated heterocycles. The summed E-state index contributed by atoms with van der Waals surface area (Å²) >= 11 is 3.37. The highest BCUT2D eigenvalue weighted by atomic mass is 79.9. The fourth-order valence-corrected chi connectivity index (χ4v) is 3.50. The molecule has 0 saturated carbocycles. The third-order valence-corrected chi connectivity index (χ3v) is 5.61. The Kier molecular flexibility index (Phi) is 5.78. The van der Waals surface area contributed by atoms with Crippen molar-refractivity contribution in [3.05, 3.63) is 58.3 Å². The van der Waals surface area contributed by atoms with Crippen LogP contribution in [-0.2, 0) is 19.6 Å². The van der Waals surface area contributed by atoms with Crippen LogP contribution >= 0.6 is 15.9 Å². The molecule has 8 nitrogen and oxygen atoms in total. The van der Waals surface area contributed by atoms with Crippen LogP contribution in [0.1, 0.15) is 23.0 Å². The largest absolute Gasteiger partial charge is 0.449 e. The fraction of sp³-hybridized carbons (Fsp3) is 0.158. The molecule has 1 heterocycles. The number of furan rings is 1. The second kappa shape index (κ2) is 7.97. The minimum absolute atomic E-state index is 0.0234. The Balaban J connectivity index is 1.69. The highest BCUT2D eigenvalue weighted by Crippen LogP contribution is 2.28. The third kappa shape index (κ3) is 4.66. The molecule has 152 valence electrons. The molecule has 2 aromatic carbocycles. The van der Waals surface area contributed by atoms with E-state index in [4.69, 9.17) is 14.3 Å². The molecule has 0 radical (unpaired) electrons. The molecule has 0 fully saturated rings. The molecular formula is C19H17BrN2O6S. The van der Waals surface area contributed by atoms with Gasteiger partial charge in [0.1, 0.15) is 5.58 Å². The first-order valence-corrected chi connectivity index (χ1v) is 10.7. The zero-order chi connectivity index (χ0) is 21.3. The molecule has 0 aliphatic heterocycles. The van der Waals surface area contributed by atoms with Gasteiger partial charge in [0.05, 0.1) is 4.90 Å². The van der Waals surface area contributed by atoms with E-state index >= 15 is 0 Å². The summed E-state index contributed by atoms with van der Waals surface area (Å²) in [6.45, 7) is 3.15. The molecular weight excluding hydrogens is 464 g/mol. The number of primary sulfonamides is 1. The molecule has 0 unspecified atom stereocenters. The Morgan fingerprint density at radius 2 is 1.83 bits per heavy atom. The number of aryl methyl sites for hydroxylation is 1. The molecule has 29 heavy (non-hydrogen) atoms. The summed E-state index contributed by atoms with van der Waals surface area (Å²) < 4.78 is 34.1. The van der Waals surface area contributed by atoms with Gasteiger partial charge < -0.3 is 14.5 Å². The van der Waals surface area contributed by atoms with E-state index in [1.165, 1.54) is 31.2 Å². The SMILES string of the molecule is Cc1c(C(=O)O[C@H](C)C(=O)Nc2ccc(S(N)(=O)=O)cc2)oc2ccc(Br)cc12. The van der Waals surface area contributed by atoms with Crippen molar-refractivity contribution in [2.24, 2.45) is 5.14 Å². The van der Waals surface area contributed by atoms with Crippen LogP contribution in [0.25, 0.3) is 11.0 Å². The van der Waals surface area contributed by atoms with Gasteiger partial charge in [-0.05, 0) is 56.3 Å². The monoisotopic (exact) mass is 480 g/mol. The maximum Gasteiger partial charge on any atom is 0.375 e. The van der Waals surface area contributed by atoms with E-state index in [1.807, 2.05) is 6.07 Å². The van der Waals surface area contributed by atoms with Gasteiger partial charge in [-0.1, -0.05) is 15.9 Å². The van der Waals surface area contributed by atoms with Gasteiger partial charge in [-0.15, -0.1) is 0 Å². The number of amides is 1. The molecule has 1 aromatic heterocycles. The predicted octanol–water partition coefficient (Wildman–Crippen LogP) is 3.34. The molecule has 0 aliphatic rings. The highest BCUT2D eigenvalue weighted by Gasteiger charge is 2.24. The third-order valence-electron chi connectivity index (χ3n) is 4.19. The first kappa shape index (κ1) is 21.0. The quantitative estimate of drug-likeness (QED) is 0.538. The molecule has 1 amide bonds. The van der Waals surface area contributed by atoms with Gasteiger partial charge >= 0.3 is 5.97 Å². The lowest BCUT2D eigenvalue weighted by Crippen LogP contribution is -2.30. The molecule has 1 atom stereocenters. The molecule has 3 rings (SSSR count). The number of anilines is 1. The molecule has 3 N–H and O–H groups in total. The van der Waals surface area contributed by atoms with Crippen molar-refractivity contribution < 1.29 is 27.2 Å². The Hall–Kier alpha value is -2.69. The van der Waals surface area contributed by atoms with Crippen molar-refractivity contribution in [1.29, 1.82) is 0 Å². The number of nitrogens with one attached hydrogen (secondary N) is 1. The van der Waals surface area contributed by atoms with Crippen LogP contribution in [0.15, 0.2) is 56.2 Å². The smallest absolute Gasteiger partial charge is 0.375 e. The van der Waals surface area contributed by atoms with Gasteiger partial charge in [0.2, 0.25) is 15.8 Å². The summed E-state index contributed by atoms with van der Waals surface area (Å²) in [6, 6.07) is 10.6. The van der Waals surface area contributed by atoms with Crippen LogP contribution in [0.3, 0.4) is 0 Å². The number of hydrogen-bond donors (Lipinski definition) is 2. The standard InChI is InChI=1S/C19H17BrN2O6S/c1-10-15-9-12(20)3-8-16(15)28-17(10)19(24)27-11(2)18(23)22-13-4-6-14(7-5-13)29(21,25)26/h3-9,11H,1-2H3,(H,22,23)(H2,21,25,26)/t11-/m1/s1. The topological polar surface area (TPSA) is 129 Å². The summed E-state index contributed by atoms with van der Waals surface area (Å²) in [6.07, 6.45) is -1.11. The van der Waals surface area contributed by atoms with E-state index < -0.39 is 28.0 Å². The van der Waals surface area contributed by atoms with E-state index in [0.29, 0.717) is 16.8 Å². The van der Waals surface area contributed by atoms with Crippen LogP contribution < -0.4 is 10.5 Å². The number of rotatable bonds is 5. The van der Waals surface area contributed by atoms with Gasteiger partial charge in [-0.2, -0.15) is 0 Å². The number of halogens is 1. The van der Waals surface area contributed by atoms with Crippen molar-refractivity contribution in [2.45, 2.75) is 24.8 Å². The number of esters is 1. The van der Waals surface area contributed by atoms with Crippen LogP contribution in [-0.4, -0.2) is 26.4 Å². The first-order chi connectivity index (χ1) is 13.6. The molecule has 0 spiro atoms. The average molecular weight is 481 g/mol. The average Bonchev–Trinajstić information content (AvgIpc) is 2.97. The fourth-order valence-electron chi connectivity index (χ4n) is 2.63. The number of fused-ring (bicyclic) bond motifs is 1. The predicted molar refractivity (Wildman–Crippen MR) is 110 cm³/mol. The van der Waals surface area contributed by atoms with Crippen molar-refractivity contribution >= 4 is 54.5 Å². The number of carbonyl (C=O) groups is 2. The van der Waals surface area contributed by atoms with Crippen LogP contribution in [0.2, 0.25) is 0 Å². The minimum atomic E-state index is -3.82. The van der Waals surface area contributed by atoms with Gasteiger partial charge in [0.25, 0.3) is 5.91 Å². The van der Waals surface area contributed by atoms with E-state index in [2.05, 4.69) is 21.2 Å². The van der Waals surface area contributed by atoms with Crippen molar-refractivity contribution in [3.8, 4) is 0 Å². The van der Waals surface area contributed by atoms with Crippen LogP contribution in [0, 0.1) is 6.92 Å². The lowest BCUT2D eigenvalue weighted by molar-refractivity contribution is -0.123. The normalized spacial score (nSPS) is 12.6. The number of nitrogens with two attached hydrogens (primary N) is 1. The van der Waals surface area contributed by atoms with Crippen LogP contribution in [0.5, 0.6) is 0 Å². The summed E-state index contributed by atoms with van der Waals surface area (Å²) in [5.74, 6) is -1.32. The van der Waals surface area contributed by atoms with E-state index in [1.54, 1.807) is 19.1 Å². The number of ether oxygens (including phenoxy) is 1. The number of hydrogen-bond acceptors (Lipinski definition) is 6. The van der Waals surface area contributed by atoms with Gasteiger partial charge in [0, 0.05) is 21.1 Å². The van der Waals surface area contributed by atoms with Crippen molar-refractivity contribution in [1.82, 2.24) is 0 Å². The Morgan fingerprint density at radius 3 is 2.45 bits per heavy atom. The number of benzene rings is 2. The minimum Gasteiger partial charge on any atom is -0.449 e. The zero-order valence-electron chi connectivity index (χ0n) is 15.4. The van der Waals surface area contributed by atoms with Gasteiger partial charge in [-0.3, -0.25) is 4.79 Å². The molecule has 0 bridgehead atoms. The second-order valence-corrected chi connectivity index (χ2v) is 8.78. The Labute approximate surface area is 175 Å². The summed E-state index contributed by atoms with van der Waals surface area (Å²) in [4.78, 5) is 24.7. The molecule has 10 heteroatoms. The maximum atomic E-state index is 12.5. The van der Waals surface area contributed by atoms with E-state index in [0.717, 1.165) is 9.86 Å². The van der Waals surface area contributed by atoms with Crippen molar-refractivity contribution in [2.75, 3.05) is 5.32 Å². The second-order valence-electron chi connectivity index (χ2n) is 6.30. The number of sulfonamides is 1. The lowest BCUT2D eigenvalue weighted by atomic mass is 10.1. The Bertz CT molecular complexity index is 1200. The summed E-state index contributed by atoms with van der Waals surface area (Å²) in [7, 11) is -3.82. The number of carbonyl (C=O) groups excluding carboxylic acids is 2. The van der Waals surface area contributed by atoms with Crippen LogP contribution in [0.4, 0.5) is 5.69 Å². The van der Waals surface area contributed by atoms with E-state index in [9.17, 15) is 18.0 Å². The van der Waals surface area contributed by atoms with E-state index in [-0.39, 0.29) is 10.7 Å². The van der Waals surface area contributed by atoms with Crippen molar-refractivity contribution in [3.63, 3.8) is 0 Å². The molecule has 3 aromatic rings. The zero-order valence-corrected chi connectivity index (χ0v) is 17.8. The lowest BCUT2D eigenvalue weighted by Gasteiger charge is -2.13. The van der Waals surface area contributed by atoms with Gasteiger partial charge in [0.15, 0.2) is 6.10 Å². The first-order valence-electron chi connectivity index (χ1n) is 8.39. The summed E-state index contributed by atoms with van der Waals surface area (Å²) in [5.41, 5.74) is 1.47. The molecule has 0 aliphatic carbocycles. The van der Waals surface area contributed by atoms with Gasteiger partial charge in [-0.25, -0.2) is 18.4 Å². The summed E-state index contributed by atoms with van der Waals surface area (Å²) in [5, 5.41) is 8.33.